The molecule has 0 bridgehead atoms. The number of pyridine rings is 1. The average molecular weight is 425 g/mol. The minimum Gasteiger partial charge on any atom is -0.618 e. The molecule has 1 aromatic carbocycles. The van der Waals surface area contributed by atoms with Crippen LogP contribution in [0.15, 0.2) is 18.2 Å². The Morgan fingerprint density at radius 1 is 1.13 bits per heavy atom. The Balaban J connectivity index is 2.29. The third-order valence-electron chi connectivity index (χ3n) is 4.54. The van der Waals surface area contributed by atoms with Crippen molar-refractivity contribution >= 4 is 5.69 Å². The minimum atomic E-state index is -4.79. The van der Waals surface area contributed by atoms with Gasteiger partial charge in [-0.1, -0.05) is 0 Å². The standard InChI is InChI=1S/C17H14F3N5O5/c1-7-4-10(17(18,19)20)13(8(2)24(7)28)16-22-21-15(23(16)3)9-5-11(25(29)30)14(27)12(26)6-9/h4-6,26-27H,1-3H3. The first kappa shape index (κ1) is 20.8. The number of aromatic hydroxyl groups is 2. The Kier molecular flexibility index (Phi) is 4.76. The van der Waals surface area contributed by atoms with Crippen LogP contribution in [-0.4, -0.2) is 29.9 Å². The summed E-state index contributed by atoms with van der Waals surface area (Å²) >= 11 is 0. The molecule has 0 saturated carbocycles. The fourth-order valence-electron chi connectivity index (χ4n) is 3.08. The molecule has 0 radical (unpaired) electrons. The van der Waals surface area contributed by atoms with Gasteiger partial charge < -0.3 is 20.0 Å². The van der Waals surface area contributed by atoms with Crippen LogP contribution in [0.1, 0.15) is 17.0 Å². The molecule has 0 amide bonds. The van der Waals surface area contributed by atoms with Crippen LogP contribution < -0.4 is 4.73 Å². The van der Waals surface area contributed by atoms with E-state index in [0.29, 0.717) is 10.8 Å². The lowest BCUT2D eigenvalue weighted by Gasteiger charge is -2.16. The number of phenolic OH excluding ortho intramolecular Hbond substituents is 2. The lowest BCUT2D eigenvalue weighted by atomic mass is 10.0. The number of nitrogens with zero attached hydrogens (tertiary/aromatic N) is 5. The van der Waals surface area contributed by atoms with Gasteiger partial charge in [0.15, 0.2) is 23.1 Å². The molecule has 30 heavy (non-hydrogen) atoms. The second-order valence-corrected chi connectivity index (χ2v) is 6.48. The first-order valence-corrected chi connectivity index (χ1v) is 8.26. The molecule has 10 nitrogen and oxygen atoms in total. The molecule has 2 heterocycles. The largest absolute Gasteiger partial charge is 0.618 e. The molecule has 13 heteroatoms. The van der Waals surface area contributed by atoms with Crippen molar-refractivity contribution in [3.63, 3.8) is 0 Å². The number of nitro groups is 1. The van der Waals surface area contributed by atoms with Crippen LogP contribution in [-0.2, 0) is 13.2 Å². The number of benzene rings is 1. The van der Waals surface area contributed by atoms with E-state index >= 15 is 0 Å². The quantitative estimate of drug-likeness (QED) is 0.216. The average Bonchev–Trinajstić information content (AvgIpc) is 3.01. The normalized spacial score (nSPS) is 11.7. The molecule has 0 saturated heterocycles. The predicted molar refractivity (Wildman–Crippen MR) is 95.3 cm³/mol. The minimum absolute atomic E-state index is 0.0772. The molecule has 0 aliphatic rings. The van der Waals surface area contributed by atoms with E-state index in [9.17, 15) is 38.7 Å². The van der Waals surface area contributed by atoms with Crippen molar-refractivity contribution in [2.45, 2.75) is 20.0 Å². The predicted octanol–water partition coefficient (Wildman–Crippen LogP) is 2.74. The summed E-state index contributed by atoms with van der Waals surface area (Å²) in [6.45, 7) is 2.44. The molecule has 158 valence electrons. The first-order valence-electron chi connectivity index (χ1n) is 8.26. The Morgan fingerprint density at radius 3 is 2.30 bits per heavy atom. The van der Waals surface area contributed by atoms with Gasteiger partial charge >= 0.3 is 11.9 Å². The van der Waals surface area contributed by atoms with Crippen molar-refractivity contribution < 1.29 is 33.0 Å². The van der Waals surface area contributed by atoms with E-state index in [2.05, 4.69) is 10.2 Å². The molecule has 0 spiro atoms. The second-order valence-electron chi connectivity index (χ2n) is 6.48. The summed E-state index contributed by atoms with van der Waals surface area (Å²) in [6.07, 6.45) is -4.79. The topological polar surface area (TPSA) is 141 Å². The van der Waals surface area contributed by atoms with E-state index in [0.717, 1.165) is 16.7 Å². The van der Waals surface area contributed by atoms with Crippen LogP contribution in [0.25, 0.3) is 22.8 Å². The number of aromatic nitrogens is 4. The van der Waals surface area contributed by atoms with Gasteiger partial charge in [0.25, 0.3) is 0 Å². The Labute approximate surface area is 166 Å². The van der Waals surface area contributed by atoms with Crippen LogP contribution in [0.5, 0.6) is 11.5 Å². The van der Waals surface area contributed by atoms with Gasteiger partial charge in [-0.15, -0.1) is 10.2 Å². The highest BCUT2D eigenvalue weighted by Gasteiger charge is 2.39. The van der Waals surface area contributed by atoms with Crippen LogP contribution in [0.4, 0.5) is 18.9 Å². The fraction of sp³-hybridized carbons (Fsp3) is 0.235. The van der Waals surface area contributed by atoms with Gasteiger partial charge in [0, 0.05) is 38.6 Å². The number of nitro benzene ring substituents is 1. The van der Waals surface area contributed by atoms with Gasteiger partial charge in [-0.25, -0.2) is 0 Å². The summed E-state index contributed by atoms with van der Waals surface area (Å²) in [4.78, 5) is 10.1. The maximum Gasteiger partial charge on any atom is 0.417 e. The lowest BCUT2D eigenvalue weighted by molar-refractivity contribution is -0.618. The smallest absolute Gasteiger partial charge is 0.417 e. The lowest BCUT2D eigenvalue weighted by Crippen LogP contribution is -2.36. The van der Waals surface area contributed by atoms with E-state index in [1.54, 1.807) is 0 Å². The Morgan fingerprint density at radius 2 is 1.73 bits per heavy atom. The maximum absolute atomic E-state index is 13.6. The molecule has 0 aliphatic carbocycles. The molecule has 0 unspecified atom stereocenters. The molecular weight excluding hydrogens is 411 g/mol. The molecular formula is C17H14F3N5O5. The zero-order valence-corrected chi connectivity index (χ0v) is 15.7. The van der Waals surface area contributed by atoms with Crippen molar-refractivity contribution in [2.75, 3.05) is 0 Å². The molecule has 2 aromatic heterocycles. The van der Waals surface area contributed by atoms with Crippen LogP contribution >= 0.6 is 0 Å². The van der Waals surface area contributed by atoms with Gasteiger partial charge in [0.05, 0.1) is 16.1 Å². The van der Waals surface area contributed by atoms with Gasteiger partial charge in [-0.3, -0.25) is 10.1 Å². The number of hydrogen-bond donors (Lipinski definition) is 2. The zero-order valence-electron chi connectivity index (χ0n) is 15.7. The molecule has 0 fully saturated rings. The van der Waals surface area contributed by atoms with Gasteiger partial charge in [0.2, 0.25) is 11.4 Å². The zero-order chi connectivity index (χ0) is 22.5. The molecule has 0 aliphatic heterocycles. The first-order chi connectivity index (χ1) is 13.8. The fourth-order valence-corrected chi connectivity index (χ4v) is 3.08. The second kappa shape index (κ2) is 6.86. The number of aryl methyl sites for hydroxylation is 1. The highest BCUT2D eigenvalue weighted by Crippen LogP contribution is 2.41. The van der Waals surface area contributed by atoms with E-state index in [1.807, 2.05) is 0 Å². The summed E-state index contributed by atoms with van der Waals surface area (Å²) < 4.78 is 42.3. The third-order valence-corrected chi connectivity index (χ3v) is 4.54. The van der Waals surface area contributed by atoms with Crippen molar-refractivity contribution in [3.05, 3.63) is 50.5 Å². The number of hydrogen-bond acceptors (Lipinski definition) is 7. The molecule has 2 N–H and O–H groups in total. The van der Waals surface area contributed by atoms with Crippen LogP contribution in [0.3, 0.4) is 0 Å². The number of halogens is 3. The number of phenols is 2. The monoisotopic (exact) mass is 425 g/mol. The SMILES string of the molecule is Cc1cc(C(F)(F)F)c(-c2nnc(-c3cc(O)c(O)c([N+](=O)[O-])c3)n2C)c(C)[n+]1[O-]. The Bertz CT molecular complexity index is 1190. The highest BCUT2D eigenvalue weighted by atomic mass is 19.4. The summed E-state index contributed by atoms with van der Waals surface area (Å²) in [7, 11) is 1.30. The maximum atomic E-state index is 13.6. The van der Waals surface area contributed by atoms with Gasteiger partial charge in [-0.05, 0) is 6.07 Å². The summed E-state index contributed by atoms with van der Waals surface area (Å²) in [5.74, 6) is -2.22. The van der Waals surface area contributed by atoms with E-state index < -0.39 is 39.4 Å². The van der Waals surface area contributed by atoms with Crippen molar-refractivity contribution in [1.29, 1.82) is 0 Å². The summed E-state index contributed by atoms with van der Waals surface area (Å²) in [5, 5.41) is 50.1. The van der Waals surface area contributed by atoms with Crippen molar-refractivity contribution in [3.8, 4) is 34.3 Å². The molecule has 3 aromatic rings. The number of rotatable bonds is 3. The summed E-state index contributed by atoms with van der Waals surface area (Å²) in [6, 6.07) is 2.54. The Hall–Kier alpha value is -3.90. The van der Waals surface area contributed by atoms with Gasteiger partial charge in [0.1, 0.15) is 0 Å². The number of alkyl halides is 3. The van der Waals surface area contributed by atoms with Crippen molar-refractivity contribution in [2.24, 2.45) is 7.05 Å². The third kappa shape index (κ3) is 3.23. The molecule has 0 atom stereocenters. The van der Waals surface area contributed by atoms with Gasteiger partial charge in [-0.2, -0.15) is 17.9 Å². The highest BCUT2D eigenvalue weighted by molar-refractivity contribution is 5.71. The van der Waals surface area contributed by atoms with Crippen molar-refractivity contribution in [1.82, 2.24) is 14.8 Å². The molecule has 3 rings (SSSR count). The van der Waals surface area contributed by atoms with Crippen LogP contribution in [0.2, 0.25) is 0 Å². The van der Waals surface area contributed by atoms with E-state index in [-0.39, 0.29) is 28.6 Å². The summed E-state index contributed by atoms with van der Waals surface area (Å²) in [5.41, 5.74) is -2.91. The van der Waals surface area contributed by atoms with Crippen LogP contribution in [0, 0.1) is 29.2 Å². The van der Waals surface area contributed by atoms with E-state index in [1.165, 1.54) is 20.9 Å². The van der Waals surface area contributed by atoms with E-state index in [4.69, 9.17) is 0 Å².